The molecule has 0 saturated carbocycles. The van der Waals surface area contributed by atoms with Gasteiger partial charge in [-0.3, -0.25) is 4.99 Å². The first-order valence-corrected chi connectivity index (χ1v) is 9.87. The van der Waals surface area contributed by atoms with Gasteiger partial charge in [-0.15, -0.1) is 11.3 Å². The summed E-state index contributed by atoms with van der Waals surface area (Å²) < 4.78 is 0. The molecule has 3 nitrogen and oxygen atoms in total. The third-order valence-corrected chi connectivity index (χ3v) is 6.12. The third-order valence-electron chi connectivity index (χ3n) is 4.60. The molecule has 3 heterocycles. The number of nitrogens with one attached hydrogen (secondary N) is 1. The summed E-state index contributed by atoms with van der Waals surface area (Å²) in [5.74, 6) is 0.564. The zero-order valence-corrected chi connectivity index (χ0v) is 15.5. The lowest BCUT2D eigenvalue weighted by Gasteiger charge is -2.22. The van der Waals surface area contributed by atoms with E-state index in [9.17, 15) is 0 Å². The second-order valence-electron chi connectivity index (χ2n) is 6.31. The SMILES string of the molecule is Clc1ccc(-c2nc(C3=NC=CC=CC3)c(C3CCNCC3)s2)cc1. The molecule has 0 amide bonds. The Hall–Kier alpha value is -1.75. The largest absolute Gasteiger partial charge is 0.317 e. The van der Waals surface area contributed by atoms with Gasteiger partial charge in [-0.25, -0.2) is 4.98 Å². The van der Waals surface area contributed by atoms with Crippen molar-refractivity contribution in [2.75, 3.05) is 13.1 Å². The monoisotopic (exact) mass is 369 g/mol. The van der Waals surface area contributed by atoms with E-state index < -0.39 is 0 Å². The Labute approximate surface area is 157 Å². The lowest BCUT2D eigenvalue weighted by Crippen LogP contribution is -2.27. The molecule has 0 atom stereocenters. The smallest absolute Gasteiger partial charge is 0.124 e. The highest BCUT2D eigenvalue weighted by atomic mass is 35.5. The van der Waals surface area contributed by atoms with Crippen molar-refractivity contribution in [3.63, 3.8) is 0 Å². The highest BCUT2D eigenvalue weighted by Crippen LogP contribution is 2.38. The molecule has 4 rings (SSSR count). The summed E-state index contributed by atoms with van der Waals surface area (Å²) in [7, 11) is 0. The van der Waals surface area contributed by atoms with Crippen molar-refractivity contribution < 1.29 is 0 Å². The highest BCUT2D eigenvalue weighted by Gasteiger charge is 2.25. The van der Waals surface area contributed by atoms with Gasteiger partial charge in [0.05, 0.1) is 11.4 Å². The zero-order valence-electron chi connectivity index (χ0n) is 13.9. The molecule has 0 bridgehead atoms. The summed E-state index contributed by atoms with van der Waals surface area (Å²) in [6, 6.07) is 7.95. The molecule has 5 heteroatoms. The Kier molecular flexibility index (Phi) is 5.11. The van der Waals surface area contributed by atoms with Crippen LogP contribution < -0.4 is 5.32 Å². The quantitative estimate of drug-likeness (QED) is 0.807. The van der Waals surface area contributed by atoms with Crippen molar-refractivity contribution in [3.8, 4) is 10.6 Å². The van der Waals surface area contributed by atoms with Gasteiger partial charge in [-0.05, 0) is 50.1 Å². The maximum Gasteiger partial charge on any atom is 0.124 e. The summed E-state index contributed by atoms with van der Waals surface area (Å²) >= 11 is 7.85. The molecule has 0 unspecified atom stereocenters. The normalized spacial score (nSPS) is 18.2. The highest BCUT2D eigenvalue weighted by molar-refractivity contribution is 7.15. The first kappa shape index (κ1) is 16.7. The van der Waals surface area contributed by atoms with Crippen molar-refractivity contribution in [1.29, 1.82) is 0 Å². The Bertz CT molecular complexity index is 827. The Balaban J connectivity index is 1.77. The molecule has 2 aliphatic heterocycles. The molecule has 1 saturated heterocycles. The summed E-state index contributed by atoms with van der Waals surface area (Å²) in [4.78, 5) is 11.0. The lowest BCUT2D eigenvalue weighted by atomic mass is 9.94. The fourth-order valence-corrected chi connectivity index (χ4v) is 4.65. The van der Waals surface area contributed by atoms with Gasteiger partial charge < -0.3 is 5.32 Å². The average molecular weight is 370 g/mol. The first-order chi connectivity index (χ1) is 12.3. The van der Waals surface area contributed by atoms with Crippen molar-refractivity contribution in [1.82, 2.24) is 10.3 Å². The Morgan fingerprint density at radius 3 is 2.68 bits per heavy atom. The standard InChI is InChI=1S/C20H20ClN3S/c21-16-7-5-15(6-8-16)20-24-18(17-4-2-1-3-11-23-17)19(25-20)14-9-12-22-13-10-14/h1-3,5-8,11,14,22H,4,9-10,12-13H2. The van der Waals surface area contributed by atoms with Crippen LogP contribution in [0.3, 0.4) is 0 Å². The predicted octanol–water partition coefficient (Wildman–Crippen LogP) is 5.19. The molecule has 1 aromatic heterocycles. The first-order valence-electron chi connectivity index (χ1n) is 8.67. The van der Waals surface area contributed by atoms with Crippen LogP contribution in [0.2, 0.25) is 5.02 Å². The van der Waals surface area contributed by atoms with Crippen LogP contribution in [0.1, 0.15) is 35.8 Å². The molecule has 0 aliphatic carbocycles. The van der Waals surface area contributed by atoms with Gasteiger partial charge in [0, 0.05) is 28.1 Å². The number of rotatable bonds is 3. The number of nitrogens with zero attached hydrogens (tertiary/aromatic N) is 2. The number of aromatic nitrogens is 1. The van der Waals surface area contributed by atoms with Gasteiger partial charge in [0.1, 0.15) is 5.01 Å². The Morgan fingerprint density at radius 2 is 1.88 bits per heavy atom. The van der Waals surface area contributed by atoms with E-state index in [0.717, 1.165) is 59.4 Å². The molecule has 0 radical (unpaired) electrons. The van der Waals surface area contributed by atoms with Crippen LogP contribution in [-0.4, -0.2) is 23.8 Å². The van der Waals surface area contributed by atoms with Crippen LogP contribution in [-0.2, 0) is 0 Å². The van der Waals surface area contributed by atoms with Crippen LogP contribution >= 0.6 is 22.9 Å². The summed E-state index contributed by atoms with van der Waals surface area (Å²) in [5, 5.41) is 5.26. The number of halogens is 1. The maximum absolute atomic E-state index is 6.04. The van der Waals surface area contributed by atoms with E-state index in [1.165, 1.54) is 4.88 Å². The van der Waals surface area contributed by atoms with E-state index in [4.69, 9.17) is 16.6 Å². The van der Waals surface area contributed by atoms with Gasteiger partial charge in [0.2, 0.25) is 0 Å². The van der Waals surface area contributed by atoms with E-state index >= 15 is 0 Å². The molecular formula is C20H20ClN3S. The minimum Gasteiger partial charge on any atom is -0.317 e. The van der Waals surface area contributed by atoms with Gasteiger partial charge in [-0.2, -0.15) is 0 Å². The summed E-state index contributed by atoms with van der Waals surface area (Å²) in [5.41, 5.74) is 3.27. The van der Waals surface area contributed by atoms with Crippen LogP contribution in [0.15, 0.2) is 53.7 Å². The molecule has 128 valence electrons. The van der Waals surface area contributed by atoms with Gasteiger partial charge in [-0.1, -0.05) is 35.9 Å². The van der Waals surface area contributed by atoms with Crippen molar-refractivity contribution in [2.24, 2.45) is 4.99 Å². The molecular weight excluding hydrogens is 350 g/mol. The van der Waals surface area contributed by atoms with E-state index in [0.29, 0.717) is 5.92 Å². The zero-order chi connectivity index (χ0) is 17.1. The second-order valence-corrected chi connectivity index (χ2v) is 7.78. The molecule has 2 aromatic rings. The average Bonchev–Trinajstić information content (AvgIpc) is 2.91. The molecule has 1 fully saturated rings. The lowest BCUT2D eigenvalue weighted by molar-refractivity contribution is 0.464. The van der Waals surface area contributed by atoms with Gasteiger partial charge >= 0.3 is 0 Å². The molecule has 1 aromatic carbocycles. The predicted molar refractivity (Wildman–Crippen MR) is 107 cm³/mol. The number of thiazole rings is 1. The topological polar surface area (TPSA) is 37.3 Å². The summed E-state index contributed by atoms with van der Waals surface area (Å²) in [6.45, 7) is 2.15. The molecule has 1 N–H and O–H groups in total. The third kappa shape index (κ3) is 3.76. The minimum absolute atomic E-state index is 0.564. The van der Waals surface area contributed by atoms with Gasteiger partial charge in [0.25, 0.3) is 0 Å². The second kappa shape index (κ2) is 7.65. The van der Waals surface area contributed by atoms with Crippen molar-refractivity contribution in [3.05, 3.63) is 64.3 Å². The minimum atomic E-state index is 0.564. The Morgan fingerprint density at radius 1 is 1.08 bits per heavy atom. The van der Waals surface area contributed by atoms with Crippen molar-refractivity contribution >= 4 is 28.6 Å². The van der Waals surface area contributed by atoms with Crippen LogP contribution in [0.5, 0.6) is 0 Å². The fraction of sp³-hybridized carbons (Fsp3) is 0.300. The van der Waals surface area contributed by atoms with Crippen molar-refractivity contribution in [2.45, 2.75) is 25.2 Å². The van der Waals surface area contributed by atoms with Gasteiger partial charge in [0.15, 0.2) is 0 Å². The number of piperidine rings is 1. The van der Waals surface area contributed by atoms with E-state index in [1.54, 1.807) is 0 Å². The fourth-order valence-electron chi connectivity index (χ4n) is 3.27. The number of hydrogen-bond acceptors (Lipinski definition) is 4. The maximum atomic E-state index is 6.04. The van der Waals surface area contributed by atoms with Crippen LogP contribution in [0.4, 0.5) is 0 Å². The number of benzene rings is 1. The molecule has 0 spiro atoms. The summed E-state index contributed by atoms with van der Waals surface area (Å²) in [6.07, 6.45) is 11.2. The van der Waals surface area contributed by atoms with E-state index in [-0.39, 0.29) is 0 Å². The van der Waals surface area contributed by atoms with E-state index in [2.05, 4.69) is 16.4 Å². The molecule has 2 aliphatic rings. The number of aliphatic imine (C=N–C) groups is 1. The number of allylic oxidation sites excluding steroid dienone is 3. The van der Waals surface area contributed by atoms with Crippen LogP contribution in [0.25, 0.3) is 10.6 Å². The van der Waals surface area contributed by atoms with Crippen LogP contribution in [0, 0.1) is 0 Å². The number of hydrogen-bond donors (Lipinski definition) is 1. The van der Waals surface area contributed by atoms with E-state index in [1.807, 2.05) is 54.0 Å². The molecule has 25 heavy (non-hydrogen) atoms.